The van der Waals surface area contributed by atoms with Gasteiger partial charge in [-0.3, -0.25) is 43.6 Å². The average molecular weight is 672 g/mol. The molecule has 2 rings (SSSR count). The van der Waals surface area contributed by atoms with Crippen molar-refractivity contribution >= 4 is 35.5 Å². The highest BCUT2D eigenvalue weighted by Crippen LogP contribution is 2.16. The first-order valence-electron chi connectivity index (χ1n) is 15.3. The van der Waals surface area contributed by atoms with Gasteiger partial charge in [0, 0.05) is 63.6 Å². The van der Waals surface area contributed by atoms with E-state index in [-0.39, 0.29) is 77.8 Å². The number of amides is 1. The van der Waals surface area contributed by atoms with Crippen LogP contribution in [0.3, 0.4) is 0 Å². The highest BCUT2D eigenvalue weighted by molar-refractivity contribution is 5.99. The number of aliphatic hydroxyl groups is 1. The van der Waals surface area contributed by atoms with E-state index < -0.39 is 35.8 Å². The van der Waals surface area contributed by atoms with Crippen molar-refractivity contribution in [2.45, 2.75) is 19.4 Å². The maximum atomic E-state index is 12.5. The van der Waals surface area contributed by atoms with Crippen LogP contribution in [-0.2, 0) is 30.4 Å². The summed E-state index contributed by atoms with van der Waals surface area (Å²) in [6.07, 6.45) is 7.77. The summed E-state index contributed by atoms with van der Waals surface area (Å²) in [7, 11) is 0. The van der Waals surface area contributed by atoms with Crippen molar-refractivity contribution < 1.29 is 49.5 Å². The Morgan fingerprint density at radius 2 is 1.23 bits per heavy atom. The number of hydrogen-bond donors (Lipinski definition) is 6. The zero-order valence-electron chi connectivity index (χ0n) is 27.0. The molecule has 262 valence electrons. The minimum atomic E-state index is -1.10. The Bertz CT molecular complexity index is 1370. The third-order valence-corrected chi connectivity index (χ3v) is 7.44. The normalized spacial score (nSPS) is 18.5. The molecule has 1 fully saturated rings. The van der Waals surface area contributed by atoms with Crippen LogP contribution < -0.4 is 5.32 Å². The number of carboxylic acid groups (broad SMARTS) is 4. The predicted molar refractivity (Wildman–Crippen MR) is 178 cm³/mol. The van der Waals surface area contributed by atoms with E-state index in [0.717, 1.165) is 5.56 Å². The van der Waals surface area contributed by atoms with E-state index in [9.17, 15) is 49.5 Å². The number of benzene rings is 1. The molecule has 1 aromatic rings. The lowest BCUT2D eigenvalue weighted by molar-refractivity contribution is -0.142. The second-order valence-electron chi connectivity index (χ2n) is 11.4. The van der Waals surface area contributed by atoms with Crippen LogP contribution in [0.25, 0.3) is 0 Å². The van der Waals surface area contributed by atoms with Crippen LogP contribution in [0.2, 0.25) is 0 Å². The van der Waals surface area contributed by atoms with Gasteiger partial charge >= 0.3 is 23.9 Å². The van der Waals surface area contributed by atoms with Gasteiger partial charge in [0.1, 0.15) is 0 Å². The van der Waals surface area contributed by atoms with Crippen molar-refractivity contribution in [1.29, 1.82) is 0 Å². The number of nitrogens with one attached hydrogen (secondary N) is 1. The molecule has 1 heterocycles. The first-order chi connectivity index (χ1) is 22.7. The first-order valence-corrected chi connectivity index (χ1v) is 15.3. The van der Waals surface area contributed by atoms with Crippen molar-refractivity contribution in [1.82, 2.24) is 19.6 Å². The molecule has 0 saturated carbocycles. The zero-order chi connectivity index (χ0) is 35.6. The van der Waals surface area contributed by atoms with Gasteiger partial charge in [-0.1, -0.05) is 30.9 Å². The van der Waals surface area contributed by atoms with Crippen LogP contribution in [0.15, 0.2) is 72.6 Å². The predicted octanol–water partition coefficient (Wildman–Crippen LogP) is 1.23. The van der Waals surface area contributed by atoms with Gasteiger partial charge in [0.25, 0.3) is 0 Å². The molecule has 1 saturated heterocycles. The summed E-state index contributed by atoms with van der Waals surface area (Å²) in [5.74, 6) is -4.63. The molecule has 0 aromatic heterocycles. The molecule has 0 aliphatic carbocycles. The Morgan fingerprint density at radius 3 is 1.73 bits per heavy atom. The molecule has 15 heteroatoms. The second-order valence-corrected chi connectivity index (χ2v) is 11.4. The SMILES string of the molecule is C=CC(/C=C/C(=O)Nc1ccc(CC2CN(CC(=O)O)CCN(CC(=O)O)CCN(CC(=O)O)CCN2CC(=O)O)cc1)=C\C=C(/C)O. The van der Waals surface area contributed by atoms with Gasteiger partial charge < -0.3 is 30.8 Å². The smallest absolute Gasteiger partial charge is 0.317 e. The fourth-order valence-corrected chi connectivity index (χ4v) is 5.12. The van der Waals surface area contributed by atoms with E-state index in [0.29, 0.717) is 17.7 Å². The van der Waals surface area contributed by atoms with Crippen molar-refractivity contribution in [2.75, 3.05) is 77.3 Å². The summed E-state index contributed by atoms with van der Waals surface area (Å²) in [5.41, 5.74) is 1.89. The lowest BCUT2D eigenvalue weighted by atomic mass is 10.0. The van der Waals surface area contributed by atoms with E-state index in [1.807, 2.05) is 0 Å². The molecule has 1 amide bonds. The van der Waals surface area contributed by atoms with Crippen LogP contribution >= 0.6 is 0 Å². The minimum absolute atomic E-state index is 0.104. The van der Waals surface area contributed by atoms with Crippen molar-refractivity contribution in [3.05, 3.63) is 78.1 Å². The molecule has 0 radical (unpaired) electrons. The summed E-state index contributed by atoms with van der Waals surface area (Å²) in [5, 5.41) is 50.3. The summed E-state index contributed by atoms with van der Waals surface area (Å²) in [4.78, 5) is 65.9. The van der Waals surface area contributed by atoms with Crippen molar-refractivity contribution in [3.8, 4) is 0 Å². The number of aliphatic hydroxyl groups excluding tert-OH is 1. The molecule has 1 aromatic carbocycles. The summed E-state index contributed by atoms with van der Waals surface area (Å²) < 4.78 is 0. The molecule has 0 bridgehead atoms. The van der Waals surface area contributed by atoms with Gasteiger partial charge in [-0.15, -0.1) is 0 Å². The summed E-state index contributed by atoms with van der Waals surface area (Å²) in [6, 6.07) is 6.40. The zero-order valence-corrected chi connectivity index (χ0v) is 27.0. The van der Waals surface area contributed by atoms with Gasteiger partial charge in [0.15, 0.2) is 0 Å². The molecule has 15 nitrogen and oxygen atoms in total. The standard InChI is InChI=1S/C33H45N5O10/c1-3-25(5-4-24(2)39)8-11-29(40)34-27-9-6-26(7-10-27)18-28-19-37(22-32(45)46)15-14-35(20-30(41)42)12-13-36(21-31(43)44)16-17-38(28)23-33(47)48/h3-11,28,39H,1,12-23H2,2H3,(H,34,40)(H,41,42)(H,43,44)(H,45,46)(H,47,48)/b11-8+,24-4+,25-5+. The number of aliphatic carboxylic acids is 4. The minimum Gasteiger partial charge on any atom is -0.513 e. The molecule has 1 aliphatic rings. The molecule has 1 atom stereocenters. The Kier molecular flexibility index (Phi) is 16.7. The number of allylic oxidation sites excluding steroid dienone is 6. The monoisotopic (exact) mass is 671 g/mol. The maximum absolute atomic E-state index is 12.5. The van der Waals surface area contributed by atoms with Crippen LogP contribution in [0.4, 0.5) is 5.69 Å². The lowest BCUT2D eigenvalue weighted by Gasteiger charge is -2.37. The van der Waals surface area contributed by atoms with Gasteiger partial charge in [-0.05, 0) is 48.8 Å². The highest BCUT2D eigenvalue weighted by Gasteiger charge is 2.27. The van der Waals surface area contributed by atoms with Crippen molar-refractivity contribution in [3.63, 3.8) is 0 Å². The number of carboxylic acids is 4. The molecular weight excluding hydrogens is 626 g/mol. The van der Waals surface area contributed by atoms with Crippen LogP contribution in [0.1, 0.15) is 12.5 Å². The first kappa shape index (κ1) is 39.3. The number of hydrogen-bond acceptors (Lipinski definition) is 10. The van der Waals surface area contributed by atoms with Crippen LogP contribution in [0, 0.1) is 0 Å². The molecule has 0 spiro atoms. The number of rotatable bonds is 15. The topological polar surface area (TPSA) is 211 Å². The molecule has 1 unspecified atom stereocenters. The number of carbonyl (C=O) groups is 5. The quantitative estimate of drug-likeness (QED) is 0.0880. The van der Waals surface area contributed by atoms with Gasteiger partial charge in [-0.25, -0.2) is 0 Å². The van der Waals surface area contributed by atoms with E-state index in [4.69, 9.17) is 0 Å². The summed E-state index contributed by atoms with van der Waals surface area (Å²) in [6.45, 7) is 5.20. The van der Waals surface area contributed by atoms with E-state index in [1.54, 1.807) is 49.9 Å². The third kappa shape index (κ3) is 16.1. The van der Waals surface area contributed by atoms with Crippen molar-refractivity contribution in [2.24, 2.45) is 0 Å². The van der Waals surface area contributed by atoms with E-state index >= 15 is 0 Å². The number of carbonyl (C=O) groups excluding carboxylic acids is 1. The Morgan fingerprint density at radius 1 is 0.729 bits per heavy atom. The number of nitrogens with zero attached hydrogens (tertiary/aromatic N) is 4. The van der Waals surface area contributed by atoms with Gasteiger partial charge in [0.05, 0.1) is 31.9 Å². The maximum Gasteiger partial charge on any atom is 0.317 e. The van der Waals surface area contributed by atoms with Crippen LogP contribution in [-0.4, -0.2) is 153 Å². The fourth-order valence-electron chi connectivity index (χ4n) is 5.12. The van der Waals surface area contributed by atoms with Gasteiger partial charge in [0.2, 0.25) is 5.91 Å². The molecular formula is C33H45N5O10. The lowest BCUT2D eigenvalue weighted by Crippen LogP contribution is -2.53. The van der Waals surface area contributed by atoms with E-state index in [1.165, 1.54) is 31.2 Å². The fraction of sp³-hybridized carbons (Fsp3) is 0.424. The van der Waals surface area contributed by atoms with Gasteiger partial charge in [-0.2, -0.15) is 0 Å². The Balaban J connectivity index is 2.33. The third-order valence-electron chi connectivity index (χ3n) is 7.44. The Hall–Kier alpha value is -4.83. The second kappa shape index (κ2) is 20.4. The Labute approximate surface area is 279 Å². The van der Waals surface area contributed by atoms with Crippen LogP contribution in [0.5, 0.6) is 0 Å². The molecule has 48 heavy (non-hydrogen) atoms. The molecule has 6 N–H and O–H groups in total. The average Bonchev–Trinajstić information content (AvgIpc) is 2.99. The van der Waals surface area contributed by atoms with E-state index in [2.05, 4.69) is 11.9 Å². The number of anilines is 1. The highest BCUT2D eigenvalue weighted by atomic mass is 16.4. The molecule has 1 aliphatic heterocycles. The largest absolute Gasteiger partial charge is 0.513 e. The summed E-state index contributed by atoms with van der Waals surface area (Å²) >= 11 is 0.